The largest absolute Gasteiger partial charge is 0.346 e. The zero-order valence-corrected chi connectivity index (χ0v) is 18.9. The third kappa shape index (κ3) is 4.09. The summed E-state index contributed by atoms with van der Waals surface area (Å²) in [6.45, 7) is 4.38. The lowest BCUT2D eigenvalue weighted by Gasteiger charge is -2.32. The van der Waals surface area contributed by atoms with Gasteiger partial charge in [0.2, 0.25) is 0 Å². The van der Waals surface area contributed by atoms with Gasteiger partial charge in [0.05, 0.1) is 6.54 Å². The molecule has 0 aliphatic carbocycles. The van der Waals surface area contributed by atoms with Gasteiger partial charge in [0.1, 0.15) is 5.82 Å². The number of carbonyl (C=O) groups excluding carboxylic acids is 1. The second kappa shape index (κ2) is 9.06. The Bertz CT molecular complexity index is 1330. The molecule has 6 heteroatoms. The van der Waals surface area contributed by atoms with Crippen LogP contribution < -0.4 is 5.69 Å². The van der Waals surface area contributed by atoms with E-state index in [1.54, 1.807) is 9.25 Å². The molecule has 0 atom stereocenters. The van der Waals surface area contributed by atoms with Crippen LogP contribution in [0.25, 0.3) is 10.8 Å². The van der Waals surface area contributed by atoms with Crippen molar-refractivity contribution in [2.24, 2.45) is 0 Å². The number of amides is 1. The van der Waals surface area contributed by atoms with Crippen LogP contribution in [-0.4, -0.2) is 38.2 Å². The minimum Gasteiger partial charge on any atom is -0.339 e. The molecule has 3 aromatic carbocycles. The summed E-state index contributed by atoms with van der Waals surface area (Å²) in [4.78, 5) is 28.2. The van der Waals surface area contributed by atoms with Crippen molar-refractivity contribution in [2.45, 2.75) is 38.8 Å². The smallest absolute Gasteiger partial charge is 0.339 e. The van der Waals surface area contributed by atoms with E-state index < -0.39 is 0 Å². The maximum Gasteiger partial charge on any atom is 0.346 e. The summed E-state index contributed by atoms with van der Waals surface area (Å²) < 4.78 is 3.36. The molecule has 0 N–H and O–H groups in total. The Morgan fingerprint density at radius 2 is 1.64 bits per heavy atom. The average Bonchev–Trinajstić information content (AvgIpc) is 3.18. The van der Waals surface area contributed by atoms with Gasteiger partial charge >= 0.3 is 5.69 Å². The van der Waals surface area contributed by atoms with E-state index in [0.29, 0.717) is 26.2 Å². The molecule has 0 saturated carbocycles. The number of hydrogen-bond donors (Lipinski definition) is 0. The first-order valence-electron chi connectivity index (χ1n) is 11.6. The second-order valence-corrected chi connectivity index (χ2v) is 8.62. The molecule has 33 heavy (non-hydrogen) atoms. The predicted molar refractivity (Wildman–Crippen MR) is 130 cm³/mol. The quantitative estimate of drug-likeness (QED) is 0.465. The molecule has 168 valence electrons. The topological polar surface area (TPSA) is 60.1 Å². The van der Waals surface area contributed by atoms with Gasteiger partial charge in [-0.05, 0) is 42.2 Å². The van der Waals surface area contributed by atoms with E-state index in [-0.39, 0.29) is 17.5 Å². The molecule has 1 amide bonds. The molecule has 4 aromatic rings. The molecular weight excluding hydrogens is 412 g/mol. The summed E-state index contributed by atoms with van der Waals surface area (Å²) in [5.41, 5.74) is 1.75. The minimum absolute atomic E-state index is 0.0642. The van der Waals surface area contributed by atoms with Gasteiger partial charge in [-0.2, -0.15) is 5.10 Å². The van der Waals surface area contributed by atoms with E-state index >= 15 is 0 Å². The van der Waals surface area contributed by atoms with Gasteiger partial charge in [-0.25, -0.2) is 9.48 Å². The number of aromatic nitrogens is 3. The molecule has 1 aliphatic heterocycles. The Morgan fingerprint density at radius 3 is 2.39 bits per heavy atom. The highest BCUT2D eigenvalue weighted by Crippen LogP contribution is 2.28. The number of likely N-dealkylation sites (tertiary alicyclic amines) is 1. The van der Waals surface area contributed by atoms with Crippen LogP contribution in [0.4, 0.5) is 0 Å². The van der Waals surface area contributed by atoms with Gasteiger partial charge in [-0.15, -0.1) is 0 Å². The molecule has 1 saturated heterocycles. The summed E-state index contributed by atoms with van der Waals surface area (Å²) in [5, 5.41) is 6.80. The Hall–Kier alpha value is -3.67. The van der Waals surface area contributed by atoms with Crippen molar-refractivity contribution >= 4 is 16.7 Å². The number of benzene rings is 3. The van der Waals surface area contributed by atoms with Crippen molar-refractivity contribution in [3.8, 4) is 0 Å². The third-order valence-electron chi connectivity index (χ3n) is 6.61. The van der Waals surface area contributed by atoms with Crippen LogP contribution in [0.5, 0.6) is 0 Å². The Morgan fingerprint density at radius 1 is 0.939 bits per heavy atom. The lowest BCUT2D eigenvalue weighted by Crippen LogP contribution is -2.38. The van der Waals surface area contributed by atoms with Crippen molar-refractivity contribution < 1.29 is 4.79 Å². The lowest BCUT2D eigenvalue weighted by molar-refractivity contribution is 0.0712. The maximum absolute atomic E-state index is 13.3. The van der Waals surface area contributed by atoms with Gasteiger partial charge in [0, 0.05) is 31.1 Å². The van der Waals surface area contributed by atoms with Crippen LogP contribution in [0, 0.1) is 0 Å². The van der Waals surface area contributed by atoms with E-state index in [9.17, 15) is 9.59 Å². The predicted octanol–water partition coefficient (Wildman–Crippen LogP) is 4.29. The highest BCUT2D eigenvalue weighted by molar-refractivity contribution is 6.07. The van der Waals surface area contributed by atoms with Crippen LogP contribution in [0.1, 0.15) is 47.4 Å². The number of piperidine rings is 1. The molecule has 0 radical (unpaired) electrons. The molecule has 1 aliphatic rings. The fourth-order valence-electron chi connectivity index (χ4n) is 4.84. The minimum atomic E-state index is -0.0642. The first-order valence-corrected chi connectivity index (χ1v) is 11.6. The lowest BCUT2D eigenvalue weighted by atomic mass is 9.94. The SMILES string of the molecule is CCn1c(C2CCN(C(=O)c3cccc4ccccc34)CC2)nn(Cc2ccccc2)c1=O. The number of rotatable bonds is 5. The van der Waals surface area contributed by atoms with Crippen molar-refractivity contribution in [1.82, 2.24) is 19.2 Å². The number of fused-ring (bicyclic) bond motifs is 1. The van der Waals surface area contributed by atoms with Crippen LogP contribution in [0.15, 0.2) is 77.6 Å². The normalized spacial score (nSPS) is 14.6. The van der Waals surface area contributed by atoms with Crippen molar-refractivity contribution in [1.29, 1.82) is 0 Å². The van der Waals surface area contributed by atoms with E-state index in [0.717, 1.165) is 40.6 Å². The van der Waals surface area contributed by atoms with Crippen LogP contribution in [0.2, 0.25) is 0 Å². The summed E-state index contributed by atoms with van der Waals surface area (Å²) in [6, 6.07) is 23.8. The van der Waals surface area contributed by atoms with E-state index in [1.807, 2.05) is 84.6 Å². The monoisotopic (exact) mass is 440 g/mol. The van der Waals surface area contributed by atoms with Crippen molar-refractivity contribution in [3.63, 3.8) is 0 Å². The van der Waals surface area contributed by atoms with Crippen LogP contribution in [-0.2, 0) is 13.1 Å². The summed E-state index contributed by atoms with van der Waals surface area (Å²) >= 11 is 0. The molecule has 6 nitrogen and oxygen atoms in total. The molecular formula is C27H28N4O2. The van der Waals surface area contributed by atoms with Crippen LogP contribution >= 0.6 is 0 Å². The van der Waals surface area contributed by atoms with Crippen molar-refractivity contribution in [2.75, 3.05) is 13.1 Å². The molecule has 0 spiro atoms. The Labute approximate surface area is 193 Å². The van der Waals surface area contributed by atoms with E-state index in [1.165, 1.54) is 0 Å². The fraction of sp³-hybridized carbons (Fsp3) is 0.296. The highest BCUT2D eigenvalue weighted by Gasteiger charge is 2.29. The summed E-state index contributed by atoms with van der Waals surface area (Å²) in [6.07, 6.45) is 1.61. The third-order valence-corrected chi connectivity index (χ3v) is 6.61. The molecule has 1 fully saturated rings. The zero-order chi connectivity index (χ0) is 22.8. The van der Waals surface area contributed by atoms with Gasteiger partial charge < -0.3 is 4.90 Å². The Kier molecular flexibility index (Phi) is 5.82. The van der Waals surface area contributed by atoms with E-state index in [2.05, 4.69) is 0 Å². The highest BCUT2D eigenvalue weighted by atomic mass is 16.2. The Balaban J connectivity index is 1.33. The zero-order valence-electron chi connectivity index (χ0n) is 18.9. The standard InChI is InChI=1S/C27H28N4O2/c1-2-30-25(28-31(27(30)33)19-20-9-4-3-5-10-20)22-15-17-29(18-16-22)26(32)24-14-8-12-21-11-6-7-13-23(21)24/h3-14,22H,2,15-19H2,1H3. The number of hydrogen-bond acceptors (Lipinski definition) is 3. The molecule has 5 rings (SSSR count). The first-order chi connectivity index (χ1) is 16.2. The van der Waals surface area contributed by atoms with Gasteiger partial charge in [0.15, 0.2) is 0 Å². The first kappa shape index (κ1) is 21.2. The molecule has 0 unspecified atom stereocenters. The van der Waals surface area contributed by atoms with Crippen molar-refractivity contribution in [3.05, 3.63) is 100 Å². The summed E-state index contributed by atoms with van der Waals surface area (Å²) in [7, 11) is 0. The average molecular weight is 441 g/mol. The molecule has 0 bridgehead atoms. The van der Waals surface area contributed by atoms with Gasteiger partial charge in [-0.1, -0.05) is 66.7 Å². The maximum atomic E-state index is 13.3. The molecule has 1 aromatic heterocycles. The van der Waals surface area contributed by atoms with Gasteiger partial charge in [0.25, 0.3) is 5.91 Å². The summed E-state index contributed by atoms with van der Waals surface area (Å²) in [5.74, 6) is 1.09. The number of nitrogens with zero attached hydrogens (tertiary/aromatic N) is 4. The van der Waals surface area contributed by atoms with E-state index in [4.69, 9.17) is 5.10 Å². The second-order valence-electron chi connectivity index (χ2n) is 8.62. The fourth-order valence-corrected chi connectivity index (χ4v) is 4.84. The van der Waals surface area contributed by atoms with Gasteiger partial charge in [-0.3, -0.25) is 9.36 Å². The molecule has 2 heterocycles. The number of carbonyl (C=O) groups is 1. The van der Waals surface area contributed by atoms with Crippen LogP contribution in [0.3, 0.4) is 0 Å².